The first-order valence-corrected chi connectivity index (χ1v) is 10.2. The van der Waals surface area contributed by atoms with Crippen LogP contribution in [0.2, 0.25) is 0 Å². The molecule has 0 saturated heterocycles. The SMILES string of the molecule is CC(C)=CCC/C(C)=C/CC/C(C)=C/CC/C(C)=C\CC/C(C)=C/C(=O)O. The average molecular weight is 373 g/mol. The summed E-state index contributed by atoms with van der Waals surface area (Å²) < 4.78 is 0. The van der Waals surface area contributed by atoms with Crippen molar-refractivity contribution in [3.63, 3.8) is 0 Å². The molecule has 0 radical (unpaired) electrons. The number of rotatable bonds is 13. The van der Waals surface area contributed by atoms with Crippen LogP contribution in [0.5, 0.6) is 0 Å². The molecule has 0 saturated carbocycles. The lowest BCUT2D eigenvalue weighted by Gasteiger charge is -2.03. The highest BCUT2D eigenvalue weighted by atomic mass is 16.4. The van der Waals surface area contributed by atoms with Crippen molar-refractivity contribution >= 4 is 5.97 Å². The van der Waals surface area contributed by atoms with Gasteiger partial charge in [-0.15, -0.1) is 0 Å². The van der Waals surface area contributed by atoms with Gasteiger partial charge < -0.3 is 5.11 Å². The van der Waals surface area contributed by atoms with Crippen LogP contribution in [0.1, 0.15) is 92.9 Å². The van der Waals surface area contributed by atoms with Gasteiger partial charge in [0, 0.05) is 6.08 Å². The van der Waals surface area contributed by atoms with E-state index in [2.05, 4.69) is 58.9 Å². The maximum absolute atomic E-state index is 10.6. The Balaban J connectivity index is 4.08. The molecular formula is C25H40O2. The molecule has 1 N–H and O–H groups in total. The van der Waals surface area contributed by atoms with Crippen LogP contribution in [0.25, 0.3) is 0 Å². The van der Waals surface area contributed by atoms with Gasteiger partial charge in [-0.25, -0.2) is 4.79 Å². The first-order chi connectivity index (χ1) is 12.7. The molecule has 0 atom stereocenters. The van der Waals surface area contributed by atoms with E-state index in [1.54, 1.807) is 0 Å². The molecule has 0 aliphatic rings. The standard InChI is InChI=1S/C25H40O2/c1-20(2)11-7-12-21(3)13-8-14-22(4)15-9-16-23(5)17-10-18-24(6)19-25(26)27/h11,13,15,17,19H,7-10,12,14,16,18H2,1-6H3,(H,26,27)/b21-13+,22-15+,23-17-,24-19+. The molecule has 2 heteroatoms. The molecule has 0 amide bonds. The van der Waals surface area contributed by atoms with Gasteiger partial charge in [-0.1, -0.05) is 52.2 Å². The molecule has 2 nitrogen and oxygen atoms in total. The van der Waals surface area contributed by atoms with Crippen molar-refractivity contribution < 1.29 is 9.90 Å². The summed E-state index contributed by atoms with van der Waals surface area (Å²) in [6, 6.07) is 0. The van der Waals surface area contributed by atoms with E-state index in [-0.39, 0.29) is 0 Å². The fourth-order valence-electron chi connectivity index (χ4n) is 2.82. The number of allylic oxidation sites excluding steroid dienone is 9. The molecule has 0 heterocycles. The Labute approximate surface area is 167 Å². The van der Waals surface area contributed by atoms with Crippen LogP contribution < -0.4 is 0 Å². The number of hydrogen-bond acceptors (Lipinski definition) is 1. The van der Waals surface area contributed by atoms with Crippen molar-refractivity contribution in [2.45, 2.75) is 92.9 Å². The molecule has 0 fully saturated rings. The normalized spacial score (nSPS) is 13.7. The summed E-state index contributed by atoms with van der Waals surface area (Å²) in [5.74, 6) is -0.855. The zero-order valence-electron chi connectivity index (χ0n) is 18.4. The van der Waals surface area contributed by atoms with Crippen LogP contribution in [0.15, 0.2) is 58.2 Å². The molecule has 0 unspecified atom stereocenters. The molecule has 0 aromatic heterocycles. The molecule has 0 bridgehead atoms. The van der Waals surface area contributed by atoms with Gasteiger partial charge in [0.15, 0.2) is 0 Å². The van der Waals surface area contributed by atoms with Gasteiger partial charge in [-0.05, 0) is 92.9 Å². The predicted octanol–water partition coefficient (Wildman–Crippen LogP) is 7.94. The summed E-state index contributed by atoms with van der Waals surface area (Å²) in [5, 5.41) is 8.71. The maximum atomic E-state index is 10.6. The second kappa shape index (κ2) is 15.2. The molecule has 0 aromatic carbocycles. The van der Waals surface area contributed by atoms with E-state index in [0.29, 0.717) is 0 Å². The fourth-order valence-corrected chi connectivity index (χ4v) is 2.82. The minimum absolute atomic E-state index is 0.817. The zero-order chi connectivity index (χ0) is 20.7. The minimum atomic E-state index is -0.855. The van der Waals surface area contributed by atoms with Crippen LogP contribution in [-0.2, 0) is 4.79 Å². The first-order valence-electron chi connectivity index (χ1n) is 10.2. The highest BCUT2D eigenvalue weighted by Crippen LogP contribution is 2.14. The van der Waals surface area contributed by atoms with Crippen LogP contribution >= 0.6 is 0 Å². The van der Waals surface area contributed by atoms with E-state index in [1.807, 2.05) is 6.92 Å². The lowest BCUT2D eigenvalue weighted by Crippen LogP contribution is -1.89. The van der Waals surface area contributed by atoms with Gasteiger partial charge in [0.2, 0.25) is 0 Å². The Morgan fingerprint density at radius 2 is 0.926 bits per heavy atom. The molecule has 0 aliphatic carbocycles. The van der Waals surface area contributed by atoms with E-state index in [9.17, 15) is 4.79 Å². The first kappa shape index (κ1) is 25.2. The number of hydrogen-bond donors (Lipinski definition) is 1. The third kappa shape index (κ3) is 17.3. The maximum Gasteiger partial charge on any atom is 0.328 e. The van der Waals surface area contributed by atoms with Crippen LogP contribution in [0, 0.1) is 0 Å². The summed E-state index contributed by atoms with van der Waals surface area (Å²) in [5.41, 5.74) is 6.67. The Kier molecular flexibility index (Phi) is 14.2. The van der Waals surface area contributed by atoms with Crippen molar-refractivity contribution in [1.82, 2.24) is 0 Å². The summed E-state index contributed by atoms with van der Waals surface area (Å²) in [7, 11) is 0. The highest BCUT2D eigenvalue weighted by Gasteiger charge is 1.96. The minimum Gasteiger partial charge on any atom is -0.478 e. The third-order valence-corrected chi connectivity index (χ3v) is 4.56. The largest absolute Gasteiger partial charge is 0.478 e. The van der Waals surface area contributed by atoms with Crippen molar-refractivity contribution in [3.05, 3.63) is 58.2 Å². The van der Waals surface area contributed by atoms with Crippen molar-refractivity contribution in [1.29, 1.82) is 0 Å². The average Bonchev–Trinajstić information content (AvgIpc) is 2.53. The van der Waals surface area contributed by atoms with Gasteiger partial charge in [-0.3, -0.25) is 0 Å². The molecule has 0 aliphatic heterocycles. The van der Waals surface area contributed by atoms with Gasteiger partial charge in [0.05, 0.1) is 0 Å². The Morgan fingerprint density at radius 1 is 0.593 bits per heavy atom. The summed E-state index contributed by atoms with van der Waals surface area (Å²) in [6.07, 6.45) is 19.1. The molecular weight excluding hydrogens is 332 g/mol. The smallest absolute Gasteiger partial charge is 0.328 e. The number of aliphatic carboxylic acids is 1. The Bertz CT molecular complexity index is 594. The van der Waals surface area contributed by atoms with E-state index in [0.717, 1.165) is 50.5 Å². The molecule has 152 valence electrons. The lowest BCUT2D eigenvalue weighted by atomic mass is 10.0. The van der Waals surface area contributed by atoms with Gasteiger partial charge in [-0.2, -0.15) is 0 Å². The molecule has 0 aromatic rings. The lowest BCUT2D eigenvalue weighted by molar-refractivity contribution is -0.131. The monoisotopic (exact) mass is 372 g/mol. The van der Waals surface area contributed by atoms with Gasteiger partial charge in [0.1, 0.15) is 0 Å². The summed E-state index contributed by atoms with van der Waals surface area (Å²) >= 11 is 0. The quantitative estimate of drug-likeness (QED) is 0.263. The molecule has 27 heavy (non-hydrogen) atoms. The fraction of sp³-hybridized carbons (Fsp3) is 0.560. The molecule has 0 spiro atoms. The topological polar surface area (TPSA) is 37.3 Å². The third-order valence-electron chi connectivity index (χ3n) is 4.56. The number of carboxylic acids is 1. The summed E-state index contributed by atoms with van der Waals surface area (Å²) in [4.78, 5) is 10.6. The second-order valence-corrected chi connectivity index (χ2v) is 7.92. The number of carboxylic acid groups (broad SMARTS) is 1. The highest BCUT2D eigenvalue weighted by molar-refractivity contribution is 5.80. The number of carbonyl (C=O) groups is 1. The van der Waals surface area contributed by atoms with Gasteiger partial charge >= 0.3 is 5.97 Å². The zero-order valence-corrected chi connectivity index (χ0v) is 18.4. The van der Waals surface area contributed by atoms with Crippen LogP contribution in [-0.4, -0.2) is 11.1 Å². The predicted molar refractivity (Wildman–Crippen MR) is 119 cm³/mol. The van der Waals surface area contributed by atoms with Crippen LogP contribution in [0.4, 0.5) is 0 Å². The van der Waals surface area contributed by atoms with E-state index < -0.39 is 5.97 Å². The Hall–Kier alpha value is -1.83. The van der Waals surface area contributed by atoms with E-state index in [4.69, 9.17) is 5.11 Å². The Morgan fingerprint density at radius 3 is 1.26 bits per heavy atom. The van der Waals surface area contributed by atoms with E-state index >= 15 is 0 Å². The molecule has 0 rings (SSSR count). The van der Waals surface area contributed by atoms with Crippen LogP contribution in [0.3, 0.4) is 0 Å². The van der Waals surface area contributed by atoms with Crippen molar-refractivity contribution in [2.24, 2.45) is 0 Å². The van der Waals surface area contributed by atoms with E-state index in [1.165, 1.54) is 34.8 Å². The van der Waals surface area contributed by atoms with Gasteiger partial charge in [0.25, 0.3) is 0 Å². The second-order valence-electron chi connectivity index (χ2n) is 7.92. The van der Waals surface area contributed by atoms with Crippen molar-refractivity contribution in [3.8, 4) is 0 Å². The van der Waals surface area contributed by atoms with Crippen molar-refractivity contribution in [2.75, 3.05) is 0 Å². The summed E-state index contributed by atoms with van der Waals surface area (Å²) in [6.45, 7) is 12.8.